The van der Waals surface area contributed by atoms with Crippen molar-refractivity contribution in [1.82, 2.24) is 0 Å². The predicted octanol–water partition coefficient (Wildman–Crippen LogP) is 0.776. The van der Waals surface area contributed by atoms with Gasteiger partial charge in [-0.3, -0.25) is 0 Å². The molecule has 8 heavy (non-hydrogen) atoms. The molecular weight excluding hydrogens is 223 g/mol. The van der Waals surface area contributed by atoms with Crippen LogP contribution in [-0.4, -0.2) is 9.41 Å². The van der Waals surface area contributed by atoms with Crippen LogP contribution in [-0.2, 0) is 7.86 Å². The number of hydrogen-bond acceptors (Lipinski definition) is 3. The summed E-state index contributed by atoms with van der Waals surface area (Å²) in [5.41, 5.74) is 0. The van der Waals surface area contributed by atoms with Crippen molar-refractivity contribution in [3.63, 3.8) is 0 Å². The minimum atomic E-state index is -2.34. The Hall–Kier alpha value is -0.100. The monoisotopic (exact) mass is 228 g/mol. The predicted molar refractivity (Wildman–Crippen MR) is 36.1 cm³/mol. The number of hydrogen-bond donors (Lipinski definition) is 1. The molecule has 4 heteroatoms. The number of rotatable bonds is 0. The first-order valence-electron chi connectivity index (χ1n) is 2.00. The summed E-state index contributed by atoms with van der Waals surface area (Å²) in [6.45, 7) is 1.70. The van der Waals surface area contributed by atoms with Gasteiger partial charge in [0.25, 0.3) is 0 Å². The summed E-state index contributed by atoms with van der Waals surface area (Å²) in [5.74, 6) is -0.393. The summed E-state index contributed by atoms with van der Waals surface area (Å²) in [4.78, 5) is 10.2. The molecule has 0 aromatic heterocycles. The Labute approximate surface area is 54.8 Å². The van der Waals surface area contributed by atoms with Gasteiger partial charge < -0.3 is 0 Å². The molecule has 1 aliphatic heterocycles. The van der Waals surface area contributed by atoms with Gasteiger partial charge in [-0.25, -0.2) is 0 Å². The molecule has 0 aliphatic carbocycles. The Kier molecular flexibility index (Phi) is 1.52. The zero-order valence-corrected chi connectivity index (χ0v) is 6.38. The number of carbonyl (C=O) groups is 1. The molecule has 0 fully saturated rings. The van der Waals surface area contributed by atoms with E-state index in [1.807, 2.05) is 0 Å². The van der Waals surface area contributed by atoms with Crippen LogP contribution in [0.4, 0.5) is 0 Å². The van der Waals surface area contributed by atoms with Crippen molar-refractivity contribution in [2.24, 2.45) is 0 Å². The van der Waals surface area contributed by atoms with E-state index in [1.165, 1.54) is 6.08 Å². The molecule has 0 radical (unpaired) electrons. The molecule has 0 saturated heterocycles. The summed E-state index contributed by atoms with van der Waals surface area (Å²) in [7, 11) is 0. The van der Waals surface area contributed by atoms with Crippen molar-refractivity contribution in [3.8, 4) is 0 Å². The Balaban J connectivity index is 2.73. The van der Waals surface area contributed by atoms with Crippen LogP contribution in [0.15, 0.2) is 9.66 Å². The van der Waals surface area contributed by atoms with Gasteiger partial charge in [-0.2, -0.15) is 0 Å². The molecule has 1 rings (SSSR count). The number of allylic oxidation sites excluding steroid dienone is 1. The average molecular weight is 228 g/mol. The van der Waals surface area contributed by atoms with Crippen LogP contribution in [0, 0.1) is 0 Å². The topological polar surface area (TPSA) is 46.5 Å². The maximum absolute atomic E-state index is 10.2. The van der Waals surface area contributed by atoms with Gasteiger partial charge in [0.2, 0.25) is 0 Å². The molecule has 0 aromatic carbocycles. The summed E-state index contributed by atoms with van der Waals surface area (Å²) >= 11 is -2.34. The van der Waals surface area contributed by atoms with E-state index in [0.717, 1.165) is 3.58 Å². The molecule has 1 aliphatic rings. The van der Waals surface area contributed by atoms with Crippen molar-refractivity contribution in [3.05, 3.63) is 9.66 Å². The second-order valence-corrected chi connectivity index (χ2v) is 4.82. The Bertz CT molecular complexity index is 151. The molecule has 1 heterocycles. The summed E-state index contributed by atoms with van der Waals surface area (Å²) < 4.78 is 14.0. The Morgan fingerprint density at radius 3 is 2.62 bits per heavy atom. The quantitative estimate of drug-likeness (QED) is 0.623. The van der Waals surface area contributed by atoms with Crippen molar-refractivity contribution in [2.75, 3.05) is 0 Å². The fourth-order valence-corrected chi connectivity index (χ4v) is 1.77. The van der Waals surface area contributed by atoms with Crippen LogP contribution in [0.5, 0.6) is 0 Å². The number of halogens is 1. The molecule has 0 amide bonds. The van der Waals surface area contributed by atoms with Gasteiger partial charge in [-0.15, -0.1) is 0 Å². The second-order valence-electron chi connectivity index (χ2n) is 1.36. The molecule has 0 spiro atoms. The standard InChI is InChI=1S/C4H5IO3/c1-3-2-4(6)8-5(3)7/h2,7H,1H3. The third-order valence-electron chi connectivity index (χ3n) is 0.721. The summed E-state index contributed by atoms with van der Waals surface area (Å²) in [6, 6.07) is 0. The minimum absolute atomic E-state index is 0.393. The van der Waals surface area contributed by atoms with Gasteiger partial charge in [-0.1, -0.05) is 0 Å². The van der Waals surface area contributed by atoms with E-state index >= 15 is 0 Å². The molecule has 3 nitrogen and oxygen atoms in total. The van der Waals surface area contributed by atoms with Gasteiger partial charge in [0.15, 0.2) is 0 Å². The van der Waals surface area contributed by atoms with Crippen LogP contribution >= 0.6 is 20.6 Å². The fraction of sp³-hybridized carbons (Fsp3) is 0.250. The SMILES string of the molecule is CC1=CC(=O)OI1O. The zero-order valence-electron chi connectivity index (χ0n) is 4.22. The number of carbonyl (C=O) groups excluding carboxylic acids is 1. The van der Waals surface area contributed by atoms with Crippen LogP contribution in [0.3, 0.4) is 0 Å². The fourth-order valence-electron chi connectivity index (χ4n) is 0.364. The molecule has 0 bridgehead atoms. The van der Waals surface area contributed by atoms with E-state index in [1.54, 1.807) is 6.92 Å². The zero-order chi connectivity index (χ0) is 6.15. The third-order valence-corrected chi connectivity index (χ3v) is 3.34. The maximum atomic E-state index is 10.2. The second kappa shape index (κ2) is 2.02. The normalized spacial score (nSPS) is 23.0. The molecule has 46 valence electrons. The van der Waals surface area contributed by atoms with E-state index in [-0.39, 0.29) is 0 Å². The van der Waals surface area contributed by atoms with Crippen LogP contribution in [0.1, 0.15) is 6.92 Å². The van der Waals surface area contributed by atoms with Crippen molar-refractivity contribution < 1.29 is 11.3 Å². The van der Waals surface area contributed by atoms with Crippen molar-refractivity contribution in [1.29, 1.82) is 0 Å². The van der Waals surface area contributed by atoms with Crippen molar-refractivity contribution in [2.45, 2.75) is 6.92 Å². The van der Waals surface area contributed by atoms with Gasteiger partial charge in [-0.05, 0) is 0 Å². The van der Waals surface area contributed by atoms with E-state index in [4.69, 9.17) is 3.44 Å². The van der Waals surface area contributed by atoms with Crippen LogP contribution in [0.25, 0.3) is 0 Å². The molecule has 1 N–H and O–H groups in total. The first-order chi connectivity index (χ1) is 3.70. The Morgan fingerprint density at radius 2 is 2.50 bits per heavy atom. The van der Waals surface area contributed by atoms with Crippen LogP contribution in [0.2, 0.25) is 0 Å². The van der Waals surface area contributed by atoms with Gasteiger partial charge in [0.1, 0.15) is 0 Å². The molecule has 0 saturated carbocycles. The van der Waals surface area contributed by atoms with E-state index in [0.29, 0.717) is 0 Å². The Morgan fingerprint density at radius 1 is 1.88 bits per heavy atom. The molecule has 0 aromatic rings. The van der Waals surface area contributed by atoms with E-state index < -0.39 is 26.6 Å². The van der Waals surface area contributed by atoms with Gasteiger partial charge >= 0.3 is 54.5 Å². The molecular formula is C4H5IO3. The summed E-state index contributed by atoms with van der Waals surface area (Å²) in [6.07, 6.45) is 1.34. The van der Waals surface area contributed by atoms with E-state index in [9.17, 15) is 4.79 Å². The average Bonchev–Trinajstić information content (AvgIpc) is 1.85. The van der Waals surface area contributed by atoms with Gasteiger partial charge in [0, 0.05) is 0 Å². The van der Waals surface area contributed by atoms with Gasteiger partial charge in [0.05, 0.1) is 0 Å². The summed E-state index contributed by atoms with van der Waals surface area (Å²) in [5, 5.41) is 0. The molecule has 0 unspecified atom stereocenters. The van der Waals surface area contributed by atoms with Crippen LogP contribution < -0.4 is 0 Å². The van der Waals surface area contributed by atoms with Crippen molar-refractivity contribution >= 4 is 26.6 Å². The third kappa shape index (κ3) is 1.00. The molecule has 0 atom stereocenters. The first-order valence-corrected chi connectivity index (χ1v) is 4.92. The van der Waals surface area contributed by atoms with E-state index in [2.05, 4.69) is 3.07 Å². The first kappa shape index (κ1) is 6.03.